The van der Waals surface area contributed by atoms with E-state index >= 15 is 0 Å². The van der Waals surface area contributed by atoms with Gasteiger partial charge in [0.1, 0.15) is 0 Å². The van der Waals surface area contributed by atoms with Gasteiger partial charge in [-0.2, -0.15) is 0 Å². The lowest BCUT2D eigenvalue weighted by atomic mass is 11.4. The third-order valence-electron chi connectivity index (χ3n) is 0.843. The van der Waals surface area contributed by atoms with Gasteiger partial charge in [-0.15, -0.1) is 5.10 Å². The van der Waals surface area contributed by atoms with Crippen LogP contribution in [-0.2, 0) is 19.9 Å². The number of hydrogen-bond donors (Lipinski definition) is 1. The molecule has 0 saturated carbocycles. The van der Waals surface area contributed by atoms with Crippen LogP contribution in [0.5, 0.6) is 0 Å². The minimum Gasteiger partial charge on any atom is -0.637 e. The zero-order chi connectivity index (χ0) is 7.02. The van der Waals surface area contributed by atoms with Crippen molar-refractivity contribution in [2.45, 2.75) is 0 Å². The SMILES string of the molecule is Cn1[nH]c(=S)n([S-])[n+]1=S. The highest BCUT2D eigenvalue weighted by Gasteiger charge is 1.93. The molecule has 0 bridgehead atoms. The number of rotatable bonds is 0. The molecule has 0 aromatic carbocycles. The van der Waals surface area contributed by atoms with Crippen LogP contribution in [0.3, 0.4) is 0 Å². The van der Waals surface area contributed by atoms with E-state index in [1.54, 1.807) is 7.05 Å². The molecular formula is C2H4N4S3. The Labute approximate surface area is 67.4 Å². The zero-order valence-corrected chi connectivity index (χ0v) is 7.02. The lowest BCUT2D eigenvalue weighted by Gasteiger charge is -1.92. The molecule has 1 aromatic rings. The zero-order valence-electron chi connectivity index (χ0n) is 4.57. The lowest BCUT2D eigenvalue weighted by Crippen LogP contribution is -2.31. The summed E-state index contributed by atoms with van der Waals surface area (Å²) in [7, 11) is 1.73. The van der Waals surface area contributed by atoms with Gasteiger partial charge in [0, 0.05) is 3.84 Å². The Bertz CT molecular complexity index is 315. The summed E-state index contributed by atoms with van der Waals surface area (Å²) in [6.45, 7) is 0. The summed E-state index contributed by atoms with van der Waals surface area (Å²) in [5.41, 5.74) is 0. The predicted octanol–water partition coefficient (Wildman–Crippen LogP) is -0.277. The van der Waals surface area contributed by atoms with Gasteiger partial charge in [-0.05, 0) is 12.2 Å². The Kier molecular flexibility index (Phi) is 1.64. The first-order valence-corrected chi connectivity index (χ1v) is 3.25. The van der Waals surface area contributed by atoms with E-state index in [9.17, 15) is 0 Å². The molecular weight excluding hydrogens is 176 g/mol. The molecule has 1 aromatic heterocycles. The van der Waals surface area contributed by atoms with Crippen molar-refractivity contribution in [3.63, 3.8) is 0 Å². The average Bonchev–Trinajstić information content (AvgIpc) is 1.98. The fourth-order valence-electron chi connectivity index (χ4n) is 0.424. The number of tetrazole rings is 1. The van der Waals surface area contributed by atoms with E-state index in [0.29, 0.717) is 4.77 Å². The molecule has 50 valence electrons. The van der Waals surface area contributed by atoms with Gasteiger partial charge >= 0.3 is 4.77 Å². The largest absolute Gasteiger partial charge is 0.637 e. The van der Waals surface area contributed by atoms with Crippen molar-refractivity contribution < 1.29 is 3.84 Å². The second kappa shape index (κ2) is 2.16. The molecule has 0 unspecified atom stereocenters. The van der Waals surface area contributed by atoms with Gasteiger partial charge in [0.25, 0.3) is 0 Å². The molecule has 0 radical (unpaired) electrons. The van der Waals surface area contributed by atoms with Crippen molar-refractivity contribution in [2.75, 3.05) is 0 Å². The van der Waals surface area contributed by atoms with Gasteiger partial charge in [0.2, 0.25) is 0 Å². The number of aryl methyl sites for hydroxylation is 1. The van der Waals surface area contributed by atoms with E-state index in [-0.39, 0.29) is 0 Å². The topological polar surface area (TPSA) is 31.6 Å². The highest BCUT2D eigenvalue weighted by Crippen LogP contribution is 1.74. The summed E-state index contributed by atoms with van der Waals surface area (Å²) in [5.74, 6) is 0. The minimum atomic E-state index is 0.433. The number of aromatic nitrogens is 4. The molecule has 0 saturated heterocycles. The fraction of sp³-hybridized carbons (Fsp3) is 0.500. The van der Waals surface area contributed by atoms with Gasteiger partial charge in [-0.3, -0.25) is 0 Å². The molecule has 7 heteroatoms. The van der Waals surface area contributed by atoms with E-state index in [0.717, 1.165) is 0 Å². The summed E-state index contributed by atoms with van der Waals surface area (Å²) < 4.78 is 2.95. The number of aromatic amines is 1. The van der Waals surface area contributed by atoms with E-state index in [4.69, 9.17) is 37.5 Å². The van der Waals surface area contributed by atoms with Crippen molar-refractivity contribution in [1.82, 2.24) is 14.0 Å². The van der Waals surface area contributed by atoms with Crippen LogP contribution >= 0.6 is 24.6 Å². The molecule has 0 fully saturated rings. The van der Waals surface area contributed by atoms with E-state index in [1.807, 2.05) is 0 Å². The number of hydrogen-bond acceptors (Lipinski definition) is 3. The van der Waals surface area contributed by atoms with Crippen molar-refractivity contribution in [2.24, 2.45) is 7.05 Å². The Morgan fingerprint density at radius 3 is 2.44 bits per heavy atom. The molecule has 1 N–H and O–H groups in total. The van der Waals surface area contributed by atoms with Crippen molar-refractivity contribution >= 4 is 37.5 Å². The highest BCUT2D eigenvalue weighted by atomic mass is 32.1. The smallest absolute Gasteiger partial charge is 0.301 e. The minimum absolute atomic E-state index is 0.433. The van der Waals surface area contributed by atoms with Crippen molar-refractivity contribution in [3.05, 3.63) is 4.77 Å². The maximum absolute atomic E-state index is 4.76. The standard InChI is InChI=1S/C2H4N4S3/c1-4-3-2(7)5(8)6(4)9/h1H3,(H,3,7). The summed E-state index contributed by atoms with van der Waals surface area (Å²) in [4.78, 5) is 1.52. The second-order valence-electron chi connectivity index (χ2n) is 1.47. The third kappa shape index (κ3) is 1.03. The van der Waals surface area contributed by atoms with Gasteiger partial charge in [-0.1, -0.05) is 4.80 Å². The van der Waals surface area contributed by atoms with Crippen molar-refractivity contribution in [3.8, 4) is 0 Å². The predicted molar refractivity (Wildman–Crippen MR) is 38.9 cm³/mol. The molecule has 9 heavy (non-hydrogen) atoms. The second-order valence-corrected chi connectivity index (χ2v) is 2.53. The Balaban J connectivity index is 3.68. The third-order valence-corrected chi connectivity index (χ3v) is 2.07. The summed E-state index contributed by atoms with van der Waals surface area (Å²) in [6.07, 6.45) is 0. The molecule has 1 heterocycles. The fourth-order valence-corrected chi connectivity index (χ4v) is 0.957. The summed E-state index contributed by atoms with van der Waals surface area (Å²) in [5, 5.41) is 2.72. The van der Waals surface area contributed by atoms with Crippen LogP contribution in [0.1, 0.15) is 0 Å². The highest BCUT2D eigenvalue weighted by molar-refractivity contribution is 7.71. The summed E-state index contributed by atoms with van der Waals surface area (Å²) >= 11 is 14.2. The van der Waals surface area contributed by atoms with Crippen LogP contribution < -0.4 is 3.84 Å². The molecule has 0 aliphatic heterocycles. The first-order valence-electron chi connectivity index (χ1n) is 2.11. The number of nitrogens with one attached hydrogen (secondary N) is 1. The molecule has 0 atom stereocenters. The van der Waals surface area contributed by atoms with E-state index in [2.05, 4.69) is 5.10 Å². The lowest BCUT2D eigenvalue weighted by molar-refractivity contribution is -0.613. The van der Waals surface area contributed by atoms with Gasteiger partial charge < -0.3 is 12.8 Å². The summed E-state index contributed by atoms with van der Waals surface area (Å²) in [6, 6.07) is 0. The van der Waals surface area contributed by atoms with Crippen molar-refractivity contribution in [1.29, 1.82) is 0 Å². The van der Waals surface area contributed by atoms with Crippen LogP contribution in [0.25, 0.3) is 0 Å². The van der Waals surface area contributed by atoms with Crippen LogP contribution in [0, 0.1) is 4.77 Å². The first kappa shape index (κ1) is 6.84. The monoisotopic (exact) mass is 180 g/mol. The van der Waals surface area contributed by atoms with Crippen LogP contribution in [0.15, 0.2) is 0 Å². The molecule has 0 amide bonds. The van der Waals surface area contributed by atoms with E-state index in [1.165, 1.54) is 12.7 Å². The maximum atomic E-state index is 4.76. The molecule has 1 rings (SSSR count). The Hall–Kier alpha value is -0.270. The van der Waals surface area contributed by atoms with Gasteiger partial charge in [0.15, 0.2) is 12.4 Å². The van der Waals surface area contributed by atoms with Gasteiger partial charge in [-0.25, -0.2) is 4.09 Å². The van der Waals surface area contributed by atoms with Crippen LogP contribution in [-0.4, -0.2) is 14.0 Å². The molecule has 0 spiro atoms. The maximum Gasteiger partial charge on any atom is 0.301 e. The molecule has 0 aliphatic rings. The van der Waals surface area contributed by atoms with Crippen LogP contribution in [0.2, 0.25) is 0 Å². The molecule has 4 nitrogen and oxygen atoms in total. The first-order chi connectivity index (χ1) is 4.13. The Morgan fingerprint density at radius 1 is 1.78 bits per heavy atom. The number of H-pyrrole nitrogens is 1. The normalized spacial score (nSPS) is 9.89. The average molecular weight is 180 g/mol. The number of nitrogens with zero attached hydrogens (tertiary/aromatic N) is 3. The quantitative estimate of drug-likeness (QED) is 0.339. The Morgan fingerprint density at radius 2 is 2.33 bits per heavy atom. The molecule has 0 aliphatic carbocycles. The van der Waals surface area contributed by atoms with Crippen LogP contribution in [0.4, 0.5) is 0 Å². The van der Waals surface area contributed by atoms with E-state index < -0.39 is 0 Å². The van der Waals surface area contributed by atoms with Gasteiger partial charge in [0.05, 0.1) is 7.05 Å².